The van der Waals surface area contributed by atoms with E-state index in [0.717, 1.165) is 34.9 Å². The molecular weight excluding hydrogens is 282 g/mol. The lowest BCUT2D eigenvalue weighted by atomic mass is 10.1. The van der Waals surface area contributed by atoms with Gasteiger partial charge in [-0.2, -0.15) is 16.9 Å². The van der Waals surface area contributed by atoms with Gasteiger partial charge >= 0.3 is 0 Å². The number of nitrogen functional groups attached to an aromatic ring is 1. The van der Waals surface area contributed by atoms with Crippen LogP contribution in [0.25, 0.3) is 11.3 Å². The molecule has 1 unspecified atom stereocenters. The van der Waals surface area contributed by atoms with Crippen molar-refractivity contribution in [2.24, 2.45) is 0 Å². The molecule has 0 aliphatic carbocycles. The normalized spacial score (nSPS) is 18.7. The van der Waals surface area contributed by atoms with Gasteiger partial charge in [-0.3, -0.25) is 5.10 Å². The molecule has 1 aromatic heterocycles. The van der Waals surface area contributed by atoms with Crippen LogP contribution < -0.4 is 10.5 Å². The highest BCUT2D eigenvalue weighted by molar-refractivity contribution is 7.99. The minimum atomic E-state index is 0.274. The van der Waals surface area contributed by atoms with Crippen molar-refractivity contribution in [1.82, 2.24) is 10.2 Å². The molecule has 0 saturated carbocycles. The fraction of sp³-hybridized carbons (Fsp3) is 0.308. The summed E-state index contributed by atoms with van der Waals surface area (Å²) in [6, 6.07) is 7.50. The van der Waals surface area contributed by atoms with Crippen LogP contribution in [0.3, 0.4) is 0 Å². The van der Waals surface area contributed by atoms with Crippen LogP contribution in [0.2, 0.25) is 5.02 Å². The smallest absolute Gasteiger partial charge is 0.145 e. The van der Waals surface area contributed by atoms with Crippen LogP contribution in [-0.4, -0.2) is 27.8 Å². The summed E-state index contributed by atoms with van der Waals surface area (Å²) in [5.74, 6) is 3.41. The van der Waals surface area contributed by atoms with E-state index in [1.54, 1.807) is 6.07 Å². The Hall–Kier alpha value is -1.33. The summed E-state index contributed by atoms with van der Waals surface area (Å²) in [6.45, 7) is 0. The van der Waals surface area contributed by atoms with E-state index in [-0.39, 0.29) is 6.10 Å². The fourth-order valence-electron chi connectivity index (χ4n) is 2.03. The Labute approximate surface area is 120 Å². The van der Waals surface area contributed by atoms with Gasteiger partial charge in [0.2, 0.25) is 0 Å². The Bertz CT molecular complexity index is 581. The van der Waals surface area contributed by atoms with Crippen LogP contribution in [0.1, 0.15) is 6.42 Å². The Morgan fingerprint density at radius 3 is 2.95 bits per heavy atom. The molecule has 0 radical (unpaired) electrons. The topological polar surface area (TPSA) is 63.9 Å². The van der Waals surface area contributed by atoms with E-state index >= 15 is 0 Å². The van der Waals surface area contributed by atoms with Crippen molar-refractivity contribution in [2.75, 3.05) is 17.2 Å². The second-order valence-electron chi connectivity index (χ2n) is 4.46. The quantitative estimate of drug-likeness (QED) is 0.913. The van der Waals surface area contributed by atoms with Crippen molar-refractivity contribution < 1.29 is 4.74 Å². The first-order valence-electron chi connectivity index (χ1n) is 6.07. The molecule has 3 N–H and O–H groups in total. The third kappa shape index (κ3) is 2.82. The lowest BCUT2D eigenvalue weighted by molar-refractivity contribution is 0.229. The number of thioether (sulfide) groups is 1. The molecule has 0 bridgehead atoms. The van der Waals surface area contributed by atoms with Gasteiger partial charge in [0.1, 0.15) is 17.7 Å². The number of nitrogens with zero attached hydrogens (tertiary/aromatic N) is 1. The second-order valence-corrected chi connectivity index (χ2v) is 6.01. The lowest BCUT2D eigenvalue weighted by Crippen LogP contribution is -2.14. The van der Waals surface area contributed by atoms with Crippen LogP contribution in [-0.2, 0) is 0 Å². The summed E-state index contributed by atoms with van der Waals surface area (Å²) in [5, 5.41) is 7.38. The van der Waals surface area contributed by atoms with Crippen molar-refractivity contribution >= 4 is 29.2 Å². The summed E-state index contributed by atoms with van der Waals surface area (Å²) in [6.07, 6.45) is 1.36. The first kappa shape index (κ1) is 12.7. The van der Waals surface area contributed by atoms with Gasteiger partial charge in [-0.05, 0) is 30.4 Å². The molecule has 19 heavy (non-hydrogen) atoms. The zero-order chi connectivity index (χ0) is 13.2. The predicted octanol–water partition coefficient (Wildman–Crippen LogP) is 3.20. The van der Waals surface area contributed by atoms with Crippen LogP contribution in [0.4, 0.5) is 5.82 Å². The standard InChI is InChI=1S/C13H14ClN3OS/c14-10-5-8(11-6-13(15)17-16-11)1-2-12(10)18-9-3-4-19-7-9/h1-2,5-6,9H,3-4,7H2,(H3,15,16,17). The van der Waals surface area contributed by atoms with Crippen LogP contribution in [0.5, 0.6) is 5.75 Å². The summed E-state index contributed by atoms with van der Waals surface area (Å²) in [7, 11) is 0. The van der Waals surface area contributed by atoms with Gasteiger partial charge in [0.25, 0.3) is 0 Å². The Morgan fingerprint density at radius 2 is 2.32 bits per heavy atom. The summed E-state index contributed by atoms with van der Waals surface area (Å²) >= 11 is 8.18. The van der Waals surface area contributed by atoms with Gasteiger partial charge in [0, 0.05) is 17.4 Å². The number of halogens is 1. The molecule has 2 heterocycles. The summed E-state index contributed by atoms with van der Waals surface area (Å²) < 4.78 is 5.90. The highest BCUT2D eigenvalue weighted by Crippen LogP contribution is 2.32. The molecule has 3 rings (SSSR count). The van der Waals surface area contributed by atoms with Crippen molar-refractivity contribution in [3.05, 3.63) is 29.3 Å². The van der Waals surface area contributed by atoms with E-state index in [4.69, 9.17) is 22.1 Å². The summed E-state index contributed by atoms with van der Waals surface area (Å²) in [4.78, 5) is 0. The molecule has 0 spiro atoms. The lowest BCUT2D eigenvalue weighted by Gasteiger charge is -2.14. The number of anilines is 1. The van der Waals surface area contributed by atoms with E-state index < -0.39 is 0 Å². The second kappa shape index (κ2) is 5.35. The maximum atomic E-state index is 6.27. The average molecular weight is 296 g/mol. The molecule has 4 nitrogen and oxygen atoms in total. The number of benzene rings is 1. The number of ether oxygens (including phenoxy) is 1. The van der Waals surface area contributed by atoms with Crippen molar-refractivity contribution in [2.45, 2.75) is 12.5 Å². The molecule has 6 heteroatoms. The molecule has 1 saturated heterocycles. The molecule has 1 aliphatic rings. The van der Waals surface area contributed by atoms with E-state index in [2.05, 4.69) is 10.2 Å². The van der Waals surface area contributed by atoms with Crippen molar-refractivity contribution in [3.8, 4) is 17.0 Å². The highest BCUT2D eigenvalue weighted by Gasteiger charge is 2.18. The third-order valence-corrected chi connectivity index (χ3v) is 4.45. The summed E-state index contributed by atoms with van der Waals surface area (Å²) in [5.41, 5.74) is 7.39. The monoisotopic (exact) mass is 295 g/mol. The van der Waals surface area contributed by atoms with Gasteiger partial charge in [0.15, 0.2) is 0 Å². The van der Waals surface area contributed by atoms with Crippen LogP contribution in [0.15, 0.2) is 24.3 Å². The van der Waals surface area contributed by atoms with Gasteiger partial charge < -0.3 is 10.5 Å². The number of aromatic nitrogens is 2. The zero-order valence-corrected chi connectivity index (χ0v) is 11.8. The van der Waals surface area contributed by atoms with E-state index in [0.29, 0.717) is 10.8 Å². The Kier molecular flexibility index (Phi) is 3.57. The third-order valence-electron chi connectivity index (χ3n) is 3.02. The Balaban J connectivity index is 1.81. The maximum absolute atomic E-state index is 6.27. The van der Waals surface area contributed by atoms with Gasteiger partial charge in [-0.15, -0.1) is 0 Å². The van der Waals surface area contributed by atoms with Crippen LogP contribution >= 0.6 is 23.4 Å². The van der Waals surface area contributed by atoms with E-state index in [1.807, 2.05) is 30.0 Å². The minimum Gasteiger partial charge on any atom is -0.488 e. The number of rotatable bonds is 3. The number of hydrogen-bond donors (Lipinski definition) is 2. The highest BCUT2D eigenvalue weighted by atomic mass is 35.5. The van der Waals surface area contributed by atoms with Gasteiger partial charge in [-0.1, -0.05) is 11.6 Å². The number of aromatic amines is 1. The number of H-pyrrole nitrogens is 1. The van der Waals surface area contributed by atoms with E-state index in [9.17, 15) is 0 Å². The van der Waals surface area contributed by atoms with Crippen molar-refractivity contribution in [1.29, 1.82) is 0 Å². The number of hydrogen-bond acceptors (Lipinski definition) is 4. The van der Waals surface area contributed by atoms with Gasteiger partial charge in [-0.25, -0.2) is 0 Å². The number of nitrogens with two attached hydrogens (primary N) is 1. The largest absolute Gasteiger partial charge is 0.488 e. The number of nitrogens with one attached hydrogen (secondary N) is 1. The predicted molar refractivity (Wildman–Crippen MR) is 79.8 cm³/mol. The average Bonchev–Trinajstić information content (AvgIpc) is 3.03. The minimum absolute atomic E-state index is 0.274. The van der Waals surface area contributed by atoms with Crippen molar-refractivity contribution in [3.63, 3.8) is 0 Å². The maximum Gasteiger partial charge on any atom is 0.145 e. The molecular formula is C13H14ClN3OS. The molecule has 1 aromatic carbocycles. The molecule has 1 fully saturated rings. The van der Waals surface area contributed by atoms with E-state index in [1.165, 1.54) is 0 Å². The first-order chi connectivity index (χ1) is 9.22. The molecule has 0 amide bonds. The molecule has 100 valence electrons. The van der Waals surface area contributed by atoms with Crippen LogP contribution in [0, 0.1) is 0 Å². The zero-order valence-electron chi connectivity index (χ0n) is 10.2. The molecule has 1 aliphatic heterocycles. The SMILES string of the molecule is Nc1cc(-c2ccc(OC3CCSC3)c(Cl)c2)[nH]n1. The van der Waals surface area contributed by atoms with Gasteiger partial charge in [0.05, 0.1) is 10.7 Å². The fourth-order valence-corrected chi connectivity index (χ4v) is 3.35. The first-order valence-corrected chi connectivity index (χ1v) is 7.61. The Morgan fingerprint density at radius 1 is 1.42 bits per heavy atom. The molecule has 1 atom stereocenters. The molecule has 2 aromatic rings.